The van der Waals surface area contributed by atoms with Crippen molar-refractivity contribution < 1.29 is 23.8 Å². The van der Waals surface area contributed by atoms with E-state index in [1.807, 2.05) is 69.6 Å². The molecule has 1 atom stereocenters. The maximum atomic E-state index is 12.9. The second kappa shape index (κ2) is 14.0. The molecule has 12 heteroatoms. The maximum Gasteiger partial charge on any atom is 0.410 e. The molecule has 244 valence electrons. The predicted molar refractivity (Wildman–Crippen MR) is 178 cm³/mol. The third-order valence-corrected chi connectivity index (χ3v) is 7.26. The minimum Gasteiger partial charge on any atom is -0.497 e. The molecule has 1 saturated heterocycles. The Morgan fingerprint density at radius 1 is 1.02 bits per heavy atom. The Labute approximate surface area is 269 Å². The normalized spacial score (nSPS) is 15.0. The molecular weight excluding hydrogens is 586 g/mol. The average Bonchev–Trinajstić information content (AvgIpc) is 3.34. The largest absolute Gasteiger partial charge is 0.497 e. The van der Waals surface area contributed by atoms with Crippen molar-refractivity contribution in [1.29, 1.82) is 0 Å². The van der Waals surface area contributed by atoms with Crippen molar-refractivity contribution in [3.63, 3.8) is 0 Å². The number of rotatable bonds is 9. The molecule has 0 radical (unpaired) electrons. The van der Waals surface area contributed by atoms with Crippen LogP contribution in [0, 0.1) is 0 Å². The third-order valence-electron chi connectivity index (χ3n) is 7.26. The fourth-order valence-corrected chi connectivity index (χ4v) is 5.21. The lowest BCUT2D eigenvalue weighted by atomic mass is 10.1. The smallest absolute Gasteiger partial charge is 0.410 e. The quantitative estimate of drug-likeness (QED) is 0.188. The number of hydrogen-bond acceptors (Lipinski definition) is 8. The summed E-state index contributed by atoms with van der Waals surface area (Å²) < 4.78 is 19.2. The first-order valence-corrected chi connectivity index (χ1v) is 15.6. The van der Waals surface area contributed by atoms with Crippen molar-refractivity contribution in [3.05, 3.63) is 66.4 Å². The molecule has 0 bridgehead atoms. The molecule has 3 N–H and O–H groups in total. The molecule has 2 aromatic heterocycles. The lowest BCUT2D eigenvalue weighted by Gasteiger charge is -2.34. The highest BCUT2D eigenvalue weighted by Crippen LogP contribution is 2.35. The van der Waals surface area contributed by atoms with Crippen molar-refractivity contribution in [2.75, 3.05) is 30.8 Å². The maximum absolute atomic E-state index is 12.9. The number of likely N-dealkylation sites (tertiary alicyclic amines) is 1. The van der Waals surface area contributed by atoms with Gasteiger partial charge in [-0.3, -0.25) is 0 Å². The average molecular weight is 630 g/mol. The molecule has 4 aromatic rings. The van der Waals surface area contributed by atoms with E-state index >= 15 is 0 Å². The standard InChI is InChI=1S/C34H43N7O5/c1-22(2)36-32(42)38-24-11-15-27(16-12-24)45-28-17-18-35-31-29(28)30(39-41(31)20-23-9-13-26(44-6)14-10-23)37-25-8-7-19-40(21-25)33(43)46-34(3,4)5/h9-18,22,25H,7-8,19-21H2,1-6H3,(H,37,39)(H2,36,38,42)/t25-/m1/s1. The highest BCUT2D eigenvalue weighted by molar-refractivity contribution is 5.94. The van der Waals surface area contributed by atoms with Gasteiger partial charge < -0.3 is 35.1 Å². The van der Waals surface area contributed by atoms with Gasteiger partial charge >= 0.3 is 12.1 Å². The number of hydrogen-bond donors (Lipinski definition) is 3. The number of pyridine rings is 1. The molecule has 46 heavy (non-hydrogen) atoms. The zero-order chi connectivity index (χ0) is 32.8. The summed E-state index contributed by atoms with van der Waals surface area (Å²) in [7, 11) is 1.64. The molecule has 3 amide bonds. The molecule has 3 heterocycles. The molecule has 1 aliphatic heterocycles. The van der Waals surface area contributed by atoms with Crippen molar-refractivity contribution in [3.8, 4) is 17.2 Å². The highest BCUT2D eigenvalue weighted by Gasteiger charge is 2.29. The van der Waals surface area contributed by atoms with Gasteiger partial charge in [-0.15, -0.1) is 0 Å². The number of anilines is 2. The first-order valence-electron chi connectivity index (χ1n) is 15.6. The van der Waals surface area contributed by atoms with Crippen LogP contribution < -0.4 is 25.4 Å². The van der Waals surface area contributed by atoms with E-state index in [9.17, 15) is 9.59 Å². The number of methoxy groups -OCH3 is 1. The summed E-state index contributed by atoms with van der Waals surface area (Å²) in [5.74, 6) is 2.56. The van der Waals surface area contributed by atoms with Crippen LogP contribution in [0.2, 0.25) is 0 Å². The first-order chi connectivity index (χ1) is 22.0. The predicted octanol–water partition coefficient (Wildman–Crippen LogP) is 6.62. The molecular formula is C34H43N7O5. The summed E-state index contributed by atoms with van der Waals surface area (Å²) >= 11 is 0. The summed E-state index contributed by atoms with van der Waals surface area (Å²) in [4.78, 5) is 31.4. The molecule has 0 spiro atoms. The number of piperidine rings is 1. The van der Waals surface area contributed by atoms with E-state index in [1.165, 1.54) is 0 Å². The molecule has 1 aliphatic rings. The summed E-state index contributed by atoms with van der Waals surface area (Å²) in [6.45, 7) is 11.0. The zero-order valence-electron chi connectivity index (χ0n) is 27.3. The molecule has 1 fully saturated rings. The second-order valence-electron chi connectivity index (χ2n) is 12.7. The Bertz CT molecular complexity index is 1650. The molecule has 5 rings (SSSR count). The fourth-order valence-electron chi connectivity index (χ4n) is 5.21. The van der Waals surface area contributed by atoms with Crippen LogP contribution in [0.5, 0.6) is 17.2 Å². The van der Waals surface area contributed by atoms with Gasteiger partial charge in [-0.25, -0.2) is 19.3 Å². The number of fused-ring (bicyclic) bond motifs is 1. The van der Waals surface area contributed by atoms with E-state index in [1.54, 1.807) is 42.5 Å². The summed E-state index contributed by atoms with van der Waals surface area (Å²) in [6.07, 6.45) is 3.07. The lowest BCUT2D eigenvalue weighted by molar-refractivity contribution is 0.0206. The summed E-state index contributed by atoms with van der Waals surface area (Å²) in [5.41, 5.74) is 1.76. The summed E-state index contributed by atoms with van der Waals surface area (Å²) in [5, 5.41) is 14.9. The van der Waals surface area contributed by atoms with Gasteiger partial charge in [0.1, 0.15) is 28.2 Å². The van der Waals surface area contributed by atoms with Crippen LogP contribution in [0.1, 0.15) is 53.0 Å². The van der Waals surface area contributed by atoms with Gasteiger partial charge in [0.15, 0.2) is 11.5 Å². The van der Waals surface area contributed by atoms with Crippen LogP contribution >= 0.6 is 0 Å². The number of carbonyl (C=O) groups excluding carboxylic acids is 2. The first kappa shape index (κ1) is 32.4. The second-order valence-corrected chi connectivity index (χ2v) is 12.7. The summed E-state index contributed by atoms with van der Waals surface area (Å²) in [6, 6.07) is 16.5. The number of amides is 3. The van der Waals surface area contributed by atoms with Gasteiger partial charge in [0.2, 0.25) is 0 Å². The van der Waals surface area contributed by atoms with Crippen LogP contribution in [0.15, 0.2) is 60.8 Å². The van der Waals surface area contributed by atoms with E-state index in [-0.39, 0.29) is 24.2 Å². The number of aromatic nitrogens is 3. The lowest BCUT2D eigenvalue weighted by Crippen LogP contribution is -2.47. The van der Waals surface area contributed by atoms with Gasteiger partial charge in [0.05, 0.1) is 13.7 Å². The van der Waals surface area contributed by atoms with E-state index in [4.69, 9.17) is 24.3 Å². The minimum atomic E-state index is -0.569. The Kier molecular flexibility index (Phi) is 9.84. The van der Waals surface area contributed by atoms with E-state index in [2.05, 4.69) is 16.0 Å². The van der Waals surface area contributed by atoms with Crippen LogP contribution in [0.4, 0.5) is 21.1 Å². The van der Waals surface area contributed by atoms with Gasteiger partial charge in [-0.05, 0) is 89.4 Å². The van der Waals surface area contributed by atoms with Gasteiger partial charge in [-0.2, -0.15) is 5.10 Å². The van der Waals surface area contributed by atoms with Crippen LogP contribution in [-0.4, -0.2) is 69.7 Å². The molecule has 0 unspecified atom stereocenters. The van der Waals surface area contributed by atoms with E-state index in [0.29, 0.717) is 48.3 Å². The van der Waals surface area contributed by atoms with Crippen molar-refractivity contribution in [2.24, 2.45) is 0 Å². The number of urea groups is 1. The van der Waals surface area contributed by atoms with E-state index in [0.717, 1.165) is 29.5 Å². The Morgan fingerprint density at radius 3 is 2.41 bits per heavy atom. The Morgan fingerprint density at radius 2 is 1.74 bits per heavy atom. The van der Waals surface area contributed by atoms with Crippen molar-refractivity contribution in [1.82, 2.24) is 25.0 Å². The SMILES string of the molecule is COc1ccc(Cn2nc(N[C@@H]3CCCN(C(=O)OC(C)(C)C)C3)c3c(Oc4ccc(NC(=O)NC(C)C)cc4)ccnc32)cc1. The minimum absolute atomic E-state index is 0.0270. The van der Waals surface area contributed by atoms with Crippen LogP contribution in [0.25, 0.3) is 11.0 Å². The zero-order valence-corrected chi connectivity index (χ0v) is 27.3. The van der Waals surface area contributed by atoms with Gasteiger partial charge in [-0.1, -0.05) is 12.1 Å². The number of carbonyl (C=O) groups is 2. The number of benzene rings is 2. The van der Waals surface area contributed by atoms with Crippen LogP contribution in [-0.2, 0) is 11.3 Å². The van der Waals surface area contributed by atoms with Crippen LogP contribution in [0.3, 0.4) is 0 Å². The number of nitrogens with zero attached hydrogens (tertiary/aromatic N) is 4. The Balaban J connectivity index is 1.42. The highest BCUT2D eigenvalue weighted by atomic mass is 16.6. The molecule has 2 aromatic carbocycles. The third kappa shape index (κ3) is 8.38. The number of nitrogens with one attached hydrogen (secondary N) is 3. The van der Waals surface area contributed by atoms with E-state index < -0.39 is 5.60 Å². The van der Waals surface area contributed by atoms with Gasteiger partial charge in [0.25, 0.3) is 0 Å². The topological polar surface area (TPSA) is 132 Å². The molecule has 0 saturated carbocycles. The monoisotopic (exact) mass is 629 g/mol. The molecule has 0 aliphatic carbocycles. The van der Waals surface area contributed by atoms with Crippen molar-refractivity contribution in [2.45, 2.75) is 71.7 Å². The Hall–Kier alpha value is -5.00. The van der Waals surface area contributed by atoms with Gasteiger partial charge in [0, 0.05) is 43.1 Å². The molecule has 12 nitrogen and oxygen atoms in total. The van der Waals surface area contributed by atoms with Crippen molar-refractivity contribution >= 4 is 34.7 Å². The fraction of sp³-hybridized carbons (Fsp3) is 0.412. The number of ether oxygens (including phenoxy) is 3.